The number of aromatic nitrogens is 2. The zero-order valence-electron chi connectivity index (χ0n) is 11.5. The number of para-hydroxylation sites is 1. The first-order valence-electron chi connectivity index (χ1n) is 6.80. The molecule has 0 fully saturated rings. The summed E-state index contributed by atoms with van der Waals surface area (Å²) in [6.07, 6.45) is 0.791. The Morgan fingerprint density at radius 2 is 1.65 bits per heavy atom. The molecule has 2 N–H and O–H groups in total. The zero-order valence-corrected chi connectivity index (χ0v) is 11.5. The molecule has 0 amide bonds. The molecule has 3 rings (SSSR count). The van der Waals surface area contributed by atoms with Crippen molar-refractivity contribution >= 4 is 16.7 Å². The quantitative estimate of drug-likeness (QED) is 0.786. The Kier molecular flexibility index (Phi) is 3.33. The van der Waals surface area contributed by atoms with Crippen LogP contribution in [0.5, 0.6) is 0 Å². The van der Waals surface area contributed by atoms with Crippen LogP contribution in [0.2, 0.25) is 0 Å². The number of hydrogen-bond acceptors (Lipinski definition) is 3. The van der Waals surface area contributed by atoms with Crippen molar-refractivity contribution in [3.8, 4) is 0 Å². The van der Waals surface area contributed by atoms with Gasteiger partial charge in [0.1, 0.15) is 11.6 Å². The van der Waals surface area contributed by atoms with Crippen LogP contribution in [0.25, 0.3) is 10.9 Å². The first-order valence-corrected chi connectivity index (χ1v) is 6.80. The molecule has 3 heteroatoms. The summed E-state index contributed by atoms with van der Waals surface area (Å²) < 4.78 is 0. The fourth-order valence-electron chi connectivity index (χ4n) is 2.42. The molecule has 1 aromatic heterocycles. The third kappa shape index (κ3) is 2.48. The molecule has 100 valence electrons. The number of nitrogens with two attached hydrogens (primary N) is 1. The van der Waals surface area contributed by atoms with E-state index in [0.29, 0.717) is 11.7 Å². The molecule has 0 saturated heterocycles. The van der Waals surface area contributed by atoms with Gasteiger partial charge in [-0.25, -0.2) is 9.97 Å². The number of rotatable bonds is 3. The van der Waals surface area contributed by atoms with E-state index >= 15 is 0 Å². The van der Waals surface area contributed by atoms with Gasteiger partial charge in [0.05, 0.1) is 5.52 Å². The summed E-state index contributed by atoms with van der Waals surface area (Å²) >= 11 is 0. The van der Waals surface area contributed by atoms with Gasteiger partial charge in [-0.1, -0.05) is 49.4 Å². The van der Waals surface area contributed by atoms with Gasteiger partial charge in [-0.15, -0.1) is 0 Å². The molecule has 0 aliphatic rings. The smallest absolute Gasteiger partial charge is 0.135 e. The highest BCUT2D eigenvalue weighted by Crippen LogP contribution is 2.22. The van der Waals surface area contributed by atoms with Crippen molar-refractivity contribution in [2.75, 3.05) is 5.73 Å². The van der Waals surface area contributed by atoms with Crippen molar-refractivity contribution in [3.63, 3.8) is 0 Å². The molecule has 1 atom stereocenters. The van der Waals surface area contributed by atoms with E-state index in [1.807, 2.05) is 30.3 Å². The van der Waals surface area contributed by atoms with Gasteiger partial charge in [0.2, 0.25) is 0 Å². The molecule has 1 unspecified atom stereocenters. The number of benzene rings is 2. The second-order valence-corrected chi connectivity index (χ2v) is 5.06. The van der Waals surface area contributed by atoms with Gasteiger partial charge in [-0.05, 0) is 23.6 Å². The van der Waals surface area contributed by atoms with E-state index in [1.165, 1.54) is 5.56 Å². The number of fused-ring (bicyclic) bond motifs is 1. The molecule has 0 aliphatic heterocycles. The fraction of sp³-hybridized carbons (Fsp3) is 0.176. The maximum absolute atomic E-state index is 6.02. The summed E-state index contributed by atoms with van der Waals surface area (Å²) in [6, 6.07) is 18.3. The lowest BCUT2D eigenvalue weighted by atomic mass is 9.97. The maximum Gasteiger partial charge on any atom is 0.135 e. The van der Waals surface area contributed by atoms with Gasteiger partial charge in [0.25, 0.3) is 0 Å². The molecule has 0 spiro atoms. The van der Waals surface area contributed by atoms with E-state index in [4.69, 9.17) is 5.73 Å². The topological polar surface area (TPSA) is 51.8 Å². The van der Waals surface area contributed by atoms with Crippen LogP contribution in [0.15, 0.2) is 54.6 Å². The minimum absolute atomic E-state index is 0.372. The minimum Gasteiger partial charge on any atom is -0.383 e. The Bertz CT molecular complexity index is 723. The van der Waals surface area contributed by atoms with Gasteiger partial charge >= 0.3 is 0 Å². The van der Waals surface area contributed by atoms with Gasteiger partial charge in [0.15, 0.2) is 0 Å². The largest absolute Gasteiger partial charge is 0.383 e. The summed E-state index contributed by atoms with van der Waals surface area (Å²) in [5.41, 5.74) is 8.23. The lowest BCUT2D eigenvalue weighted by Gasteiger charge is -2.12. The fourth-order valence-corrected chi connectivity index (χ4v) is 2.42. The van der Waals surface area contributed by atoms with E-state index in [1.54, 1.807) is 0 Å². The Hall–Kier alpha value is -2.42. The van der Waals surface area contributed by atoms with Crippen molar-refractivity contribution in [1.29, 1.82) is 0 Å². The monoisotopic (exact) mass is 263 g/mol. The molecule has 3 nitrogen and oxygen atoms in total. The normalized spacial score (nSPS) is 12.4. The molecule has 3 aromatic rings. The predicted molar refractivity (Wildman–Crippen MR) is 82.5 cm³/mol. The standard InChI is InChI=1S/C17H17N3/c1-12(13-7-3-2-4-8-13)11-16-19-15-10-6-5-9-14(15)17(18)20-16/h2-10,12H,11H2,1H3,(H2,18,19,20). The van der Waals surface area contributed by atoms with Crippen molar-refractivity contribution in [2.45, 2.75) is 19.3 Å². The average Bonchev–Trinajstić information content (AvgIpc) is 2.48. The number of nitrogen functional groups attached to an aromatic ring is 1. The summed E-state index contributed by atoms with van der Waals surface area (Å²) in [6.45, 7) is 2.18. The highest BCUT2D eigenvalue weighted by molar-refractivity contribution is 5.87. The Balaban J connectivity index is 1.91. The van der Waals surface area contributed by atoms with Crippen LogP contribution in [-0.2, 0) is 6.42 Å². The van der Waals surface area contributed by atoms with Gasteiger partial charge in [-0.2, -0.15) is 0 Å². The highest BCUT2D eigenvalue weighted by atomic mass is 14.9. The molecule has 0 bridgehead atoms. The third-order valence-corrected chi connectivity index (χ3v) is 3.54. The van der Waals surface area contributed by atoms with Gasteiger partial charge in [0, 0.05) is 11.8 Å². The minimum atomic E-state index is 0.372. The summed E-state index contributed by atoms with van der Waals surface area (Å²) in [7, 11) is 0. The average molecular weight is 263 g/mol. The Morgan fingerprint density at radius 1 is 0.950 bits per heavy atom. The molecular formula is C17H17N3. The van der Waals surface area contributed by atoms with Crippen molar-refractivity contribution < 1.29 is 0 Å². The summed E-state index contributed by atoms with van der Waals surface area (Å²) in [5, 5.41) is 0.920. The first kappa shape index (κ1) is 12.6. The maximum atomic E-state index is 6.02. The van der Waals surface area contributed by atoms with Crippen LogP contribution >= 0.6 is 0 Å². The van der Waals surface area contributed by atoms with Gasteiger partial charge < -0.3 is 5.73 Å². The van der Waals surface area contributed by atoms with E-state index < -0.39 is 0 Å². The van der Waals surface area contributed by atoms with Crippen LogP contribution in [-0.4, -0.2) is 9.97 Å². The third-order valence-electron chi connectivity index (χ3n) is 3.54. The Labute approximate surface area is 118 Å². The molecule has 0 radical (unpaired) electrons. The van der Waals surface area contributed by atoms with Crippen LogP contribution in [0.3, 0.4) is 0 Å². The van der Waals surface area contributed by atoms with Crippen LogP contribution in [0.1, 0.15) is 24.2 Å². The number of anilines is 1. The second-order valence-electron chi connectivity index (χ2n) is 5.06. The number of hydrogen-bond donors (Lipinski definition) is 1. The van der Waals surface area contributed by atoms with E-state index in [2.05, 4.69) is 41.2 Å². The van der Waals surface area contributed by atoms with Gasteiger partial charge in [-0.3, -0.25) is 0 Å². The van der Waals surface area contributed by atoms with Crippen molar-refractivity contribution in [3.05, 3.63) is 66.0 Å². The summed E-state index contributed by atoms with van der Waals surface area (Å²) in [5.74, 6) is 1.74. The van der Waals surface area contributed by atoms with Crippen molar-refractivity contribution in [2.24, 2.45) is 0 Å². The SMILES string of the molecule is CC(Cc1nc(N)c2ccccc2n1)c1ccccc1. The molecule has 2 aromatic carbocycles. The zero-order chi connectivity index (χ0) is 13.9. The first-order chi connectivity index (χ1) is 9.74. The molecule has 0 aliphatic carbocycles. The highest BCUT2D eigenvalue weighted by Gasteiger charge is 2.10. The lowest BCUT2D eigenvalue weighted by Crippen LogP contribution is -2.05. The molecule has 0 saturated carbocycles. The van der Waals surface area contributed by atoms with Crippen LogP contribution in [0.4, 0.5) is 5.82 Å². The summed E-state index contributed by atoms with van der Waals surface area (Å²) in [4.78, 5) is 9.04. The van der Waals surface area contributed by atoms with E-state index in [-0.39, 0.29) is 0 Å². The predicted octanol–water partition coefficient (Wildman–Crippen LogP) is 3.56. The Morgan fingerprint density at radius 3 is 2.45 bits per heavy atom. The molecule has 20 heavy (non-hydrogen) atoms. The van der Waals surface area contributed by atoms with Crippen LogP contribution < -0.4 is 5.73 Å². The van der Waals surface area contributed by atoms with Crippen molar-refractivity contribution in [1.82, 2.24) is 9.97 Å². The molecule has 1 heterocycles. The lowest BCUT2D eigenvalue weighted by molar-refractivity contribution is 0.723. The van der Waals surface area contributed by atoms with Crippen LogP contribution in [0, 0.1) is 0 Å². The van der Waals surface area contributed by atoms with E-state index in [0.717, 1.165) is 23.1 Å². The second kappa shape index (κ2) is 5.29. The number of nitrogens with zero attached hydrogens (tertiary/aromatic N) is 2. The molecular weight excluding hydrogens is 246 g/mol. The van der Waals surface area contributed by atoms with E-state index in [9.17, 15) is 0 Å².